The van der Waals surface area contributed by atoms with E-state index in [-0.39, 0.29) is 30.1 Å². The van der Waals surface area contributed by atoms with Crippen molar-refractivity contribution in [3.8, 4) is 11.5 Å². The molecule has 1 N–H and O–H groups in total. The van der Waals surface area contributed by atoms with Gasteiger partial charge in [-0.3, -0.25) is 9.59 Å². The van der Waals surface area contributed by atoms with Crippen molar-refractivity contribution in [3.05, 3.63) is 35.7 Å². The second kappa shape index (κ2) is 6.96. The molecule has 1 aliphatic rings. The molecule has 0 radical (unpaired) electrons. The van der Waals surface area contributed by atoms with Crippen LogP contribution < -0.4 is 5.32 Å². The predicted molar refractivity (Wildman–Crippen MR) is 81.9 cm³/mol. The summed E-state index contributed by atoms with van der Waals surface area (Å²) in [6, 6.07) is 2.88. The Morgan fingerprint density at radius 2 is 2.08 bits per heavy atom. The molecule has 7 nitrogen and oxygen atoms in total. The Hall–Kier alpha value is -2.84. The Kier molecular flexibility index (Phi) is 4.73. The van der Waals surface area contributed by atoms with Crippen LogP contribution in [0.25, 0.3) is 11.5 Å². The number of hydrogen-bond donors (Lipinski definition) is 1. The van der Waals surface area contributed by atoms with Crippen LogP contribution >= 0.6 is 0 Å². The first-order chi connectivity index (χ1) is 12.0. The van der Waals surface area contributed by atoms with E-state index in [9.17, 15) is 18.4 Å². The van der Waals surface area contributed by atoms with Gasteiger partial charge in [0.25, 0.3) is 5.89 Å². The Labute approximate surface area is 142 Å². The minimum Gasteiger partial charge on any atom is -0.347 e. The van der Waals surface area contributed by atoms with Crippen LogP contribution in [0.4, 0.5) is 8.78 Å². The lowest BCUT2D eigenvalue weighted by Crippen LogP contribution is -2.45. The largest absolute Gasteiger partial charge is 0.347 e. The predicted octanol–water partition coefficient (Wildman–Crippen LogP) is 1.64. The number of nitrogens with one attached hydrogen (secondary N) is 1. The molecule has 0 aliphatic carbocycles. The van der Waals surface area contributed by atoms with Gasteiger partial charge in [-0.2, -0.15) is 4.98 Å². The number of rotatable bonds is 4. The van der Waals surface area contributed by atoms with Gasteiger partial charge in [0.1, 0.15) is 23.2 Å². The molecule has 1 atom stereocenters. The van der Waals surface area contributed by atoms with E-state index in [4.69, 9.17) is 4.52 Å². The van der Waals surface area contributed by atoms with Crippen LogP contribution in [0.5, 0.6) is 0 Å². The molecule has 1 fully saturated rings. The summed E-state index contributed by atoms with van der Waals surface area (Å²) in [6.07, 6.45) is 1.35. The van der Waals surface area contributed by atoms with Gasteiger partial charge >= 0.3 is 0 Å². The molecule has 1 saturated heterocycles. The highest BCUT2D eigenvalue weighted by Crippen LogP contribution is 2.24. The maximum atomic E-state index is 13.7. The maximum absolute atomic E-state index is 13.7. The lowest BCUT2D eigenvalue weighted by atomic mass is 10.2. The topological polar surface area (TPSA) is 88.3 Å². The SMILES string of the molecule is CC(=O)N1CCC[C@H]1C(=O)NCc1noc(-c2c(F)cccc2F)n1. The first-order valence-corrected chi connectivity index (χ1v) is 7.79. The number of aromatic nitrogens is 2. The van der Waals surface area contributed by atoms with Crippen LogP contribution in [0, 0.1) is 11.6 Å². The summed E-state index contributed by atoms with van der Waals surface area (Å²) in [5.74, 6) is -2.33. The second-order valence-corrected chi connectivity index (χ2v) is 5.70. The molecular weight excluding hydrogens is 334 g/mol. The first kappa shape index (κ1) is 17.0. The van der Waals surface area contributed by atoms with Gasteiger partial charge in [-0.1, -0.05) is 11.2 Å². The van der Waals surface area contributed by atoms with Crippen molar-refractivity contribution in [2.24, 2.45) is 0 Å². The highest BCUT2D eigenvalue weighted by molar-refractivity contribution is 5.87. The molecule has 9 heteroatoms. The minimum atomic E-state index is -0.817. The smallest absolute Gasteiger partial charge is 0.263 e. The molecule has 0 unspecified atom stereocenters. The van der Waals surface area contributed by atoms with E-state index in [2.05, 4.69) is 15.5 Å². The Morgan fingerprint density at radius 3 is 2.76 bits per heavy atom. The van der Waals surface area contributed by atoms with E-state index in [1.807, 2.05) is 0 Å². The van der Waals surface area contributed by atoms with E-state index >= 15 is 0 Å². The number of halogens is 2. The van der Waals surface area contributed by atoms with Crippen LogP contribution in [0.1, 0.15) is 25.6 Å². The lowest BCUT2D eigenvalue weighted by molar-refractivity contribution is -0.136. The van der Waals surface area contributed by atoms with Gasteiger partial charge in [0.2, 0.25) is 11.8 Å². The molecule has 0 spiro atoms. The summed E-state index contributed by atoms with van der Waals surface area (Å²) in [7, 11) is 0. The molecule has 0 bridgehead atoms. The number of carbonyl (C=O) groups excluding carboxylic acids is 2. The monoisotopic (exact) mass is 350 g/mol. The third-order valence-electron chi connectivity index (χ3n) is 4.03. The zero-order valence-electron chi connectivity index (χ0n) is 13.5. The Morgan fingerprint density at radius 1 is 1.36 bits per heavy atom. The highest BCUT2D eigenvalue weighted by atomic mass is 19.1. The van der Waals surface area contributed by atoms with E-state index in [0.717, 1.165) is 18.6 Å². The average molecular weight is 350 g/mol. The summed E-state index contributed by atoms with van der Waals surface area (Å²) >= 11 is 0. The number of hydrogen-bond acceptors (Lipinski definition) is 5. The fraction of sp³-hybridized carbons (Fsp3) is 0.375. The third kappa shape index (κ3) is 3.49. The van der Waals surface area contributed by atoms with E-state index < -0.39 is 23.2 Å². The summed E-state index contributed by atoms with van der Waals surface area (Å²) in [4.78, 5) is 29.1. The number of benzene rings is 1. The molecule has 2 amide bonds. The molecule has 3 rings (SSSR count). The van der Waals surface area contributed by atoms with Gasteiger partial charge in [0.05, 0.1) is 6.54 Å². The summed E-state index contributed by atoms with van der Waals surface area (Å²) < 4.78 is 32.3. The number of carbonyl (C=O) groups is 2. The highest BCUT2D eigenvalue weighted by Gasteiger charge is 2.32. The van der Waals surface area contributed by atoms with Gasteiger partial charge in [0.15, 0.2) is 5.82 Å². The molecule has 2 aromatic rings. The van der Waals surface area contributed by atoms with Gasteiger partial charge in [-0.05, 0) is 25.0 Å². The minimum absolute atomic E-state index is 0.0688. The zero-order chi connectivity index (χ0) is 18.0. The average Bonchev–Trinajstić information content (AvgIpc) is 3.22. The van der Waals surface area contributed by atoms with Crippen molar-refractivity contribution in [2.75, 3.05) is 6.54 Å². The molecular formula is C16H16F2N4O3. The van der Waals surface area contributed by atoms with Crippen LogP contribution in [0.3, 0.4) is 0 Å². The number of likely N-dealkylation sites (tertiary alicyclic amines) is 1. The molecule has 1 aromatic heterocycles. The van der Waals surface area contributed by atoms with Crippen LogP contribution in [0.15, 0.2) is 22.7 Å². The third-order valence-corrected chi connectivity index (χ3v) is 4.03. The van der Waals surface area contributed by atoms with Crippen molar-refractivity contribution in [2.45, 2.75) is 32.4 Å². The van der Waals surface area contributed by atoms with Crippen LogP contribution in [0.2, 0.25) is 0 Å². The standard InChI is InChI=1S/C16H16F2N4O3/c1-9(23)22-7-3-6-12(22)15(24)19-8-13-20-16(25-21-13)14-10(17)4-2-5-11(14)18/h2,4-5,12H,3,6-8H2,1H3,(H,19,24)/t12-/m0/s1. The van der Waals surface area contributed by atoms with Crippen molar-refractivity contribution >= 4 is 11.8 Å². The summed E-state index contributed by atoms with van der Waals surface area (Å²) in [5.41, 5.74) is -0.411. The van der Waals surface area contributed by atoms with Gasteiger partial charge in [-0.25, -0.2) is 8.78 Å². The Balaban J connectivity index is 1.66. The van der Waals surface area contributed by atoms with Crippen molar-refractivity contribution in [3.63, 3.8) is 0 Å². The molecule has 2 heterocycles. The first-order valence-electron chi connectivity index (χ1n) is 7.79. The summed E-state index contributed by atoms with van der Waals surface area (Å²) in [6.45, 7) is 1.90. The molecule has 25 heavy (non-hydrogen) atoms. The quantitative estimate of drug-likeness (QED) is 0.906. The molecule has 0 saturated carbocycles. The van der Waals surface area contributed by atoms with E-state index in [0.29, 0.717) is 13.0 Å². The molecule has 1 aromatic carbocycles. The fourth-order valence-electron chi connectivity index (χ4n) is 2.83. The molecule has 1 aliphatic heterocycles. The maximum Gasteiger partial charge on any atom is 0.263 e. The normalized spacial score (nSPS) is 16.9. The van der Waals surface area contributed by atoms with E-state index in [1.165, 1.54) is 17.9 Å². The van der Waals surface area contributed by atoms with Crippen molar-refractivity contribution < 1.29 is 22.9 Å². The van der Waals surface area contributed by atoms with Gasteiger partial charge < -0.3 is 14.7 Å². The van der Waals surface area contributed by atoms with Crippen LogP contribution in [-0.2, 0) is 16.1 Å². The van der Waals surface area contributed by atoms with Crippen LogP contribution in [-0.4, -0.2) is 39.4 Å². The Bertz CT molecular complexity index is 788. The second-order valence-electron chi connectivity index (χ2n) is 5.70. The zero-order valence-corrected chi connectivity index (χ0v) is 13.5. The lowest BCUT2D eigenvalue weighted by Gasteiger charge is -2.21. The van der Waals surface area contributed by atoms with Gasteiger partial charge in [-0.15, -0.1) is 0 Å². The fourth-order valence-corrected chi connectivity index (χ4v) is 2.83. The summed E-state index contributed by atoms with van der Waals surface area (Å²) in [5, 5.41) is 6.23. The van der Waals surface area contributed by atoms with E-state index in [1.54, 1.807) is 0 Å². The number of nitrogens with zero attached hydrogens (tertiary/aromatic N) is 3. The molecule has 132 valence electrons. The number of amides is 2. The van der Waals surface area contributed by atoms with Crippen molar-refractivity contribution in [1.82, 2.24) is 20.4 Å². The van der Waals surface area contributed by atoms with Crippen molar-refractivity contribution in [1.29, 1.82) is 0 Å². The van der Waals surface area contributed by atoms with Gasteiger partial charge in [0, 0.05) is 13.5 Å².